The number of halogens is 2. The third-order valence-electron chi connectivity index (χ3n) is 2.15. The molecule has 3 nitrogen and oxygen atoms in total. The summed E-state index contributed by atoms with van der Waals surface area (Å²) in [6.07, 6.45) is 0.549. The van der Waals surface area contributed by atoms with Gasteiger partial charge >= 0.3 is 0 Å². The van der Waals surface area contributed by atoms with Gasteiger partial charge in [-0.25, -0.2) is 8.42 Å². The minimum absolute atomic E-state index is 0.103. The molecule has 0 unspecified atom stereocenters. The fourth-order valence-electron chi connectivity index (χ4n) is 1.41. The Bertz CT molecular complexity index is 547. The van der Waals surface area contributed by atoms with Crippen LogP contribution in [-0.2, 0) is 21.4 Å². The molecule has 0 saturated heterocycles. The van der Waals surface area contributed by atoms with E-state index in [-0.39, 0.29) is 16.3 Å². The molecule has 0 aliphatic carbocycles. The number of nitriles is 1. The van der Waals surface area contributed by atoms with Crippen molar-refractivity contribution in [3.8, 4) is 6.07 Å². The Balaban J connectivity index is 3.65. The maximum atomic E-state index is 11.3. The molecule has 0 aliphatic heterocycles. The first kappa shape index (κ1) is 13.3. The van der Waals surface area contributed by atoms with Crippen LogP contribution in [-0.4, -0.2) is 8.42 Å². The van der Waals surface area contributed by atoms with Gasteiger partial charge in [-0.1, -0.05) is 13.0 Å². The molecule has 0 spiro atoms. The average molecular weight is 278 g/mol. The van der Waals surface area contributed by atoms with Crippen LogP contribution >= 0.6 is 22.3 Å². The molecule has 0 fully saturated rings. The Morgan fingerprint density at radius 3 is 2.44 bits per heavy atom. The van der Waals surface area contributed by atoms with E-state index in [9.17, 15) is 8.42 Å². The zero-order valence-electron chi connectivity index (χ0n) is 8.50. The lowest BCUT2D eigenvalue weighted by Crippen LogP contribution is -2.01. The molecule has 1 rings (SSSR count). The van der Waals surface area contributed by atoms with Gasteiger partial charge in [0.15, 0.2) is 0 Å². The largest absolute Gasteiger partial charge is 0.262 e. The van der Waals surface area contributed by atoms with Crippen LogP contribution in [0.4, 0.5) is 0 Å². The zero-order chi connectivity index (χ0) is 12.3. The summed E-state index contributed by atoms with van der Waals surface area (Å²) in [5.74, 6) is 0.179. The fourth-order valence-corrected chi connectivity index (χ4v) is 2.64. The smallest absolute Gasteiger partial charge is 0.207 e. The van der Waals surface area contributed by atoms with E-state index in [1.54, 1.807) is 6.07 Å². The lowest BCUT2D eigenvalue weighted by Gasteiger charge is -2.08. The van der Waals surface area contributed by atoms with Gasteiger partial charge in [-0.15, -0.1) is 11.6 Å². The minimum atomic E-state index is -3.92. The van der Waals surface area contributed by atoms with E-state index in [0.717, 1.165) is 0 Å². The lowest BCUT2D eigenvalue weighted by molar-refractivity contribution is 0.609. The van der Waals surface area contributed by atoms with Crippen molar-refractivity contribution in [1.82, 2.24) is 0 Å². The molecule has 0 radical (unpaired) electrons. The predicted octanol–water partition coefficient (Wildman–Crippen LogP) is 2.79. The Morgan fingerprint density at radius 2 is 2.06 bits per heavy atom. The van der Waals surface area contributed by atoms with Crippen LogP contribution in [0.5, 0.6) is 0 Å². The molecule has 0 aliphatic rings. The second-order valence-corrected chi connectivity index (χ2v) is 5.97. The molecule has 0 N–H and O–H groups in total. The van der Waals surface area contributed by atoms with Crippen molar-refractivity contribution in [1.29, 1.82) is 5.26 Å². The van der Waals surface area contributed by atoms with Gasteiger partial charge in [0, 0.05) is 16.6 Å². The van der Waals surface area contributed by atoms with Crippen molar-refractivity contribution < 1.29 is 8.42 Å². The molecule has 0 amide bonds. The Labute approximate surface area is 104 Å². The Hall–Kier alpha value is -0.760. The highest BCUT2D eigenvalue weighted by Gasteiger charge is 2.19. The van der Waals surface area contributed by atoms with E-state index in [4.69, 9.17) is 27.5 Å². The molecule has 16 heavy (non-hydrogen) atoms. The number of alkyl halides is 1. The van der Waals surface area contributed by atoms with Crippen LogP contribution in [0.3, 0.4) is 0 Å². The standard InChI is InChI=1S/C10H9Cl2NO2S/c1-2-8-3-7(5-11)4-10(9(8)6-13)16(12,14)15/h3-4H,2,5H2,1H3. The zero-order valence-corrected chi connectivity index (χ0v) is 10.8. The number of benzene rings is 1. The van der Waals surface area contributed by atoms with Gasteiger partial charge in [0.1, 0.15) is 11.0 Å². The fraction of sp³-hybridized carbons (Fsp3) is 0.300. The van der Waals surface area contributed by atoms with E-state index in [2.05, 4.69) is 0 Å². The normalized spacial score (nSPS) is 11.1. The number of rotatable bonds is 3. The molecular formula is C10H9Cl2NO2S. The quantitative estimate of drug-likeness (QED) is 0.631. The maximum Gasteiger partial charge on any atom is 0.262 e. The first-order valence-electron chi connectivity index (χ1n) is 4.50. The van der Waals surface area contributed by atoms with Crippen LogP contribution in [0.25, 0.3) is 0 Å². The lowest BCUT2D eigenvalue weighted by atomic mass is 10.0. The van der Waals surface area contributed by atoms with Crippen molar-refractivity contribution in [2.24, 2.45) is 0 Å². The van der Waals surface area contributed by atoms with Crippen molar-refractivity contribution in [2.45, 2.75) is 24.1 Å². The second-order valence-electron chi connectivity index (χ2n) is 3.16. The summed E-state index contributed by atoms with van der Waals surface area (Å²) in [7, 11) is 1.36. The number of aryl methyl sites for hydroxylation is 1. The topological polar surface area (TPSA) is 57.9 Å². The number of nitrogens with zero attached hydrogens (tertiary/aromatic N) is 1. The van der Waals surface area contributed by atoms with Crippen molar-refractivity contribution in [2.75, 3.05) is 0 Å². The van der Waals surface area contributed by atoms with Crippen LogP contribution < -0.4 is 0 Å². The third-order valence-corrected chi connectivity index (χ3v) is 3.81. The molecule has 0 saturated carbocycles. The Kier molecular flexibility index (Phi) is 4.20. The summed E-state index contributed by atoms with van der Waals surface area (Å²) in [6, 6.07) is 4.93. The van der Waals surface area contributed by atoms with Gasteiger partial charge in [0.25, 0.3) is 9.05 Å². The highest BCUT2D eigenvalue weighted by molar-refractivity contribution is 8.13. The number of hydrogen-bond donors (Lipinski definition) is 0. The molecule has 0 aromatic heterocycles. The summed E-state index contributed by atoms with van der Waals surface area (Å²) in [5.41, 5.74) is 1.38. The van der Waals surface area contributed by atoms with Crippen LogP contribution in [0.2, 0.25) is 0 Å². The maximum absolute atomic E-state index is 11.3. The van der Waals surface area contributed by atoms with Crippen molar-refractivity contribution >= 4 is 31.3 Å². The number of hydrogen-bond acceptors (Lipinski definition) is 3. The third kappa shape index (κ3) is 2.67. The summed E-state index contributed by atoms with van der Waals surface area (Å²) in [4.78, 5) is -0.160. The second kappa shape index (κ2) is 5.05. The summed E-state index contributed by atoms with van der Waals surface area (Å²) in [5, 5.41) is 8.95. The van der Waals surface area contributed by atoms with Crippen LogP contribution in [0, 0.1) is 11.3 Å². The van der Waals surface area contributed by atoms with Gasteiger partial charge in [-0.2, -0.15) is 5.26 Å². The molecule has 1 aromatic rings. The van der Waals surface area contributed by atoms with E-state index in [1.807, 2.05) is 13.0 Å². The molecular weight excluding hydrogens is 269 g/mol. The SMILES string of the molecule is CCc1cc(CCl)cc(S(=O)(=O)Cl)c1C#N. The van der Waals surface area contributed by atoms with E-state index < -0.39 is 9.05 Å². The van der Waals surface area contributed by atoms with Gasteiger partial charge in [0.05, 0.1) is 5.56 Å². The molecule has 0 heterocycles. The van der Waals surface area contributed by atoms with Gasteiger partial charge in [-0.05, 0) is 23.6 Å². The molecule has 0 atom stereocenters. The van der Waals surface area contributed by atoms with Crippen LogP contribution in [0.15, 0.2) is 17.0 Å². The predicted molar refractivity (Wildman–Crippen MR) is 63.1 cm³/mol. The summed E-state index contributed by atoms with van der Waals surface area (Å²) >= 11 is 5.65. The first-order chi connectivity index (χ1) is 7.43. The minimum Gasteiger partial charge on any atom is -0.207 e. The van der Waals surface area contributed by atoms with Crippen molar-refractivity contribution in [3.05, 3.63) is 28.8 Å². The van der Waals surface area contributed by atoms with E-state index >= 15 is 0 Å². The highest BCUT2D eigenvalue weighted by Crippen LogP contribution is 2.25. The van der Waals surface area contributed by atoms with Crippen molar-refractivity contribution in [3.63, 3.8) is 0 Å². The van der Waals surface area contributed by atoms with E-state index in [1.165, 1.54) is 6.07 Å². The van der Waals surface area contributed by atoms with Gasteiger partial charge < -0.3 is 0 Å². The average Bonchev–Trinajstić information content (AvgIpc) is 2.25. The molecule has 1 aromatic carbocycles. The highest BCUT2D eigenvalue weighted by atomic mass is 35.7. The molecule has 86 valence electrons. The Morgan fingerprint density at radius 1 is 1.44 bits per heavy atom. The monoisotopic (exact) mass is 277 g/mol. The summed E-state index contributed by atoms with van der Waals surface area (Å²) in [6.45, 7) is 1.83. The summed E-state index contributed by atoms with van der Waals surface area (Å²) < 4.78 is 22.6. The van der Waals surface area contributed by atoms with E-state index in [0.29, 0.717) is 17.5 Å². The van der Waals surface area contributed by atoms with Crippen LogP contribution in [0.1, 0.15) is 23.6 Å². The molecule has 6 heteroatoms. The molecule has 0 bridgehead atoms. The van der Waals surface area contributed by atoms with Gasteiger partial charge in [-0.3, -0.25) is 0 Å². The van der Waals surface area contributed by atoms with Gasteiger partial charge in [0.2, 0.25) is 0 Å². The first-order valence-corrected chi connectivity index (χ1v) is 7.35.